The molecule has 0 spiro atoms. The van der Waals surface area contributed by atoms with Crippen LogP contribution in [0, 0.1) is 6.92 Å². The number of nitrogens with one attached hydrogen (secondary N) is 1. The number of carbonyl (C=O) groups is 1. The third kappa shape index (κ3) is 2.84. The maximum atomic E-state index is 12.3. The highest BCUT2D eigenvalue weighted by Crippen LogP contribution is 2.28. The molecule has 1 amide bonds. The predicted octanol–water partition coefficient (Wildman–Crippen LogP) is 4.09. The number of benzene rings is 2. The monoisotopic (exact) mass is 317 g/mol. The van der Waals surface area contributed by atoms with Crippen LogP contribution < -0.4 is 11.1 Å². The summed E-state index contributed by atoms with van der Waals surface area (Å²) in [7, 11) is 0. The number of thiazole rings is 1. The fourth-order valence-electron chi connectivity index (χ4n) is 2.00. The minimum Gasteiger partial charge on any atom is -0.399 e. The first kappa shape index (κ1) is 13.9. The number of nitrogen functional groups attached to an aromatic ring is 1. The molecule has 1 heterocycles. The lowest BCUT2D eigenvalue weighted by Gasteiger charge is -2.05. The first-order valence-corrected chi connectivity index (χ1v) is 7.46. The van der Waals surface area contributed by atoms with Crippen LogP contribution in [-0.2, 0) is 0 Å². The lowest BCUT2D eigenvalue weighted by Crippen LogP contribution is -2.13. The van der Waals surface area contributed by atoms with Crippen molar-refractivity contribution in [2.75, 3.05) is 11.1 Å². The molecule has 6 heteroatoms. The molecule has 0 radical (unpaired) electrons. The molecule has 0 aliphatic carbocycles. The molecule has 2 aromatic carbocycles. The molecule has 0 bridgehead atoms. The van der Waals surface area contributed by atoms with E-state index in [1.165, 1.54) is 11.3 Å². The Bertz CT molecular complexity index is 844. The van der Waals surface area contributed by atoms with E-state index >= 15 is 0 Å². The standard InChI is InChI=1S/C15H12ClN3OS/c1-8-2-3-9(16)6-11(8)14(20)19-15-18-12-5-4-10(17)7-13(12)21-15/h2-7H,17H2,1H3,(H,18,19,20). The normalized spacial score (nSPS) is 10.8. The van der Waals surface area contributed by atoms with Crippen LogP contribution >= 0.6 is 22.9 Å². The van der Waals surface area contributed by atoms with Gasteiger partial charge in [0.15, 0.2) is 5.13 Å². The number of hydrogen-bond donors (Lipinski definition) is 2. The average molecular weight is 318 g/mol. The van der Waals surface area contributed by atoms with Gasteiger partial charge in [0.25, 0.3) is 5.91 Å². The predicted molar refractivity (Wildman–Crippen MR) is 88.2 cm³/mol. The van der Waals surface area contributed by atoms with E-state index in [4.69, 9.17) is 17.3 Å². The smallest absolute Gasteiger partial charge is 0.257 e. The fourth-order valence-corrected chi connectivity index (χ4v) is 3.08. The lowest BCUT2D eigenvalue weighted by atomic mass is 10.1. The number of hydrogen-bond acceptors (Lipinski definition) is 4. The van der Waals surface area contributed by atoms with E-state index in [1.54, 1.807) is 18.2 Å². The van der Waals surface area contributed by atoms with Crippen molar-refractivity contribution in [3.63, 3.8) is 0 Å². The van der Waals surface area contributed by atoms with Gasteiger partial charge in [0, 0.05) is 16.3 Å². The topological polar surface area (TPSA) is 68.0 Å². The molecule has 4 nitrogen and oxygen atoms in total. The number of carbonyl (C=O) groups excluding carboxylic acids is 1. The summed E-state index contributed by atoms with van der Waals surface area (Å²) < 4.78 is 0.938. The van der Waals surface area contributed by atoms with E-state index in [0.29, 0.717) is 21.4 Å². The van der Waals surface area contributed by atoms with Gasteiger partial charge in [0.05, 0.1) is 10.2 Å². The van der Waals surface area contributed by atoms with Crippen LogP contribution in [0.5, 0.6) is 0 Å². The van der Waals surface area contributed by atoms with Crippen molar-refractivity contribution in [3.8, 4) is 0 Å². The van der Waals surface area contributed by atoms with Crippen molar-refractivity contribution >= 4 is 49.9 Å². The number of rotatable bonds is 2. The fraction of sp³-hybridized carbons (Fsp3) is 0.0667. The Labute approximate surface area is 130 Å². The first-order chi connectivity index (χ1) is 10.0. The number of aryl methyl sites for hydroxylation is 1. The molecule has 21 heavy (non-hydrogen) atoms. The highest BCUT2D eigenvalue weighted by Gasteiger charge is 2.12. The van der Waals surface area contributed by atoms with Crippen LogP contribution in [-0.4, -0.2) is 10.9 Å². The van der Waals surface area contributed by atoms with Crippen molar-refractivity contribution < 1.29 is 4.79 Å². The van der Waals surface area contributed by atoms with Gasteiger partial charge >= 0.3 is 0 Å². The van der Waals surface area contributed by atoms with Gasteiger partial charge in [-0.1, -0.05) is 29.0 Å². The molecule has 0 aliphatic rings. The van der Waals surface area contributed by atoms with Crippen LogP contribution in [0.15, 0.2) is 36.4 Å². The van der Waals surface area contributed by atoms with Crippen molar-refractivity contribution in [1.29, 1.82) is 0 Å². The van der Waals surface area contributed by atoms with Gasteiger partial charge in [0.2, 0.25) is 0 Å². The highest BCUT2D eigenvalue weighted by atomic mass is 35.5. The van der Waals surface area contributed by atoms with E-state index in [-0.39, 0.29) is 5.91 Å². The number of halogens is 1. The largest absolute Gasteiger partial charge is 0.399 e. The van der Waals surface area contributed by atoms with Gasteiger partial charge in [0.1, 0.15) is 0 Å². The molecule has 0 aliphatic heterocycles. The van der Waals surface area contributed by atoms with E-state index < -0.39 is 0 Å². The zero-order valence-corrected chi connectivity index (χ0v) is 12.8. The SMILES string of the molecule is Cc1ccc(Cl)cc1C(=O)Nc1nc2ccc(N)cc2s1. The zero-order valence-electron chi connectivity index (χ0n) is 11.2. The van der Waals surface area contributed by atoms with Crippen LogP contribution in [0.25, 0.3) is 10.2 Å². The van der Waals surface area contributed by atoms with Crippen molar-refractivity contribution in [1.82, 2.24) is 4.98 Å². The number of aromatic nitrogens is 1. The molecule has 0 atom stereocenters. The zero-order chi connectivity index (χ0) is 15.0. The molecule has 106 valence electrons. The third-order valence-electron chi connectivity index (χ3n) is 3.08. The van der Waals surface area contributed by atoms with Crippen LogP contribution in [0.2, 0.25) is 5.02 Å². The number of anilines is 2. The Hall–Kier alpha value is -2.11. The second-order valence-electron chi connectivity index (χ2n) is 4.66. The molecular weight excluding hydrogens is 306 g/mol. The molecule has 0 saturated heterocycles. The van der Waals surface area contributed by atoms with Crippen LogP contribution in [0.4, 0.5) is 10.8 Å². The molecule has 0 saturated carbocycles. The van der Waals surface area contributed by atoms with Gasteiger partial charge < -0.3 is 5.73 Å². The molecule has 3 rings (SSSR count). The van der Waals surface area contributed by atoms with Gasteiger partial charge in [-0.05, 0) is 42.8 Å². The molecule has 3 aromatic rings. The minimum absolute atomic E-state index is 0.220. The number of amides is 1. The second kappa shape index (κ2) is 5.35. The van der Waals surface area contributed by atoms with E-state index in [1.807, 2.05) is 25.1 Å². The highest BCUT2D eigenvalue weighted by molar-refractivity contribution is 7.22. The van der Waals surface area contributed by atoms with Crippen molar-refractivity contribution in [3.05, 3.63) is 52.5 Å². The summed E-state index contributed by atoms with van der Waals surface area (Å²) in [5.74, 6) is -0.220. The molecule has 1 aromatic heterocycles. The Balaban J connectivity index is 1.90. The Kier molecular flexibility index (Phi) is 3.53. The Morgan fingerprint density at radius 1 is 1.29 bits per heavy atom. The van der Waals surface area contributed by atoms with Crippen LogP contribution in [0.1, 0.15) is 15.9 Å². The number of fused-ring (bicyclic) bond motifs is 1. The summed E-state index contributed by atoms with van der Waals surface area (Å²) in [5, 5.41) is 3.88. The third-order valence-corrected chi connectivity index (χ3v) is 4.25. The van der Waals surface area contributed by atoms with Gasteiger partial charge in [-0.25, -0.2) is 4.98 Å². The average Bonchev–Trinajstić information content (AvgIpc) is 2.82. The summed E-state index contributed by atoms with van der Waals surface area (Å²) in [6.07, 6.45) is 0. The van der Waals surface area contributed by atoms with E-state index in [0.717, 1.165) is 15.8 Å². The van der Waals surface area contributed by atoms with Gasteiger partial charge in [-0.3, -0.25) is 10.1 Å². The Morgan fingerprint density at radius 3 is 2.90 bits per heavy atom. The molecule has 3 N–H and O–H groups in total. The van der Waals surface area contributed by atoms with Crippen molar-refractivity contribution in [2.45, 2.75) is 6.92 Å². The van der Waals surface area contributed by atoms with Gasteiger partial charge in [-0.15, -0.1) is 0 Å². The maximum absolute atomic E-state index is 12.3. The molecule has 0 unspecified atom stereocenters. The molecular formula is C15H12ClN3OS. The summed E-state index contributed by atoms with van der Waals surface area (Å²) >= 11 is 7.33. The summed E-state index contributed by atoms with van der Waals surface area (Å²) in [6.45, 7) is 1.87. The van der Waals surface area contributed by atoms with E-state index in [9.17, 15) is 4.79 Å². The maximum Gasteiger partial charge on any atom is 0.257 e. The summed E-state index contributed by atoms with van der Waals surface area (Å²) in [5.41, 5.74) is 8.63. The quantitative estimate of drug-likeness (QED) is 0.699. The Morgan fingerprint density at radius 2 is 2.10 bits per heavy atom. The second-order valence-corrected chi connectivity index (χ2v) is 6.13. The summed E-state index contributed by atoms with van der Waals surface area (Å²) in [4.78, 5) is 16.7. The van der Waals surface area contributed by atoms with E-state index in [2.05, 4.69) is 10.3 Å². The minimum atomic E-state index is -0.220. The van der Waals surface area contributed by atoms with Gasteiger partial charge in [-0.2, -0.15) is 0 Å². The molecule has 0 fully saturated rings. The number of nitrogens with zero attached hydrogens (tertiary/aromatic N) is 1. The first-order valence-electron chi connectivity index (χ1n) is 6.26. The lowest BCUT2D eigenvalue weighted by molar-refractivity contribution is 0.102. The summed E-state index contributed by atoms with van der Waals surface area (Å²) in [6, 6.07) is 10.7. The van der Waals surface area contributed by atoms with Crippen molar-refractivity contribution in [2.24, 2.45) is 0 Å². The number of nitrogens with two attached hydrogens (primary N) is 1. The van der Waals surface area contributed by atoms with Crippen LogP contribution in [0.3, 0.4) is 0 Å².